The maximum atomic E-state index is 4.53. The molecule has 8 nitrogen and oxygen atoms in total. The zero-order valence-electron chi connectivity index (χ0n) is 13.3. The molecule has 2 aliphatic rings. The molecule has 2 N–H and O–H groups in total. The van der Waals surface area contributed by atoms with Gasteiger partial charge in [-0.25, -0.2) is 4.98 Å². The molecule has 2 unspecified atom stereocenters. The van der Waals surface area contributed by atoms with Crippen LogP contribution < -0.4 is 15.5 Å². The SMILES string of the molecule is CC1CN=C(NCC2CCCN(c3nccn4cnnc34)C2)N1. The second-order valence-corrected chi connectivity index (χ2v) is 6.38. The third kappa shape index (κ3) is 2.93. The van der Waals surface area contributed by atoms with E-state index in [-0.39, 0.29) is 0 Å². The number of hydrogen-bond donors (Lipinski definition) is 2. The topological polar surface area (TPSA) is 82.7 Å². The standard InChI is InChI=1S/C15H22N8/c1-11-7-17-15(20-11)18-8-12-3-2-5-22(9-12)13-14-21-19-10-23(14)6-4-16-13/h4,6,10-12H,2-3,5,7-9H2,1H3,(H2,17,18,20). The summed E-state index contributed by atoms with van der Waals surface area (Å²) in [5.41, 5.74) is 0.830. The van der Waals surface area contributed by atoms with Gasteiger partial charge in [0, 0.05) is 38.1 Å². The Hall–Kier alpha value is -2.38. The van der Waals surface area contributed by atoms with Crippen molar-refractivity contribution in [2.75, 3.05) is 31.1 Å². The highest BCUT2D eigenvalue weighted by Crippen LogP contribution is 2.23. The van der Waals surface area contributed by atoms with Gasteiger partial charge in [0.1, 0.15) is 6.33 Å². The first-order valence-corrected chi connectivity index (χ1v) is 8.24. The lowest BCUT2D eigenvalue weighted by Crippen LogP contribution is -2.44. The number of aliphatic imine (C=N–C) groups is 1. The van der Waals surface area contributed by atoms with E-state index < -0.39 is 0 Å². The normalized spacial score (nSPS) is 24.6. The van der Waals surface area contributed by atoms with Crippen molar-refractivity contribution in [2.45, 2.75) is 25.8 Å². The van der Waals surface area contributed by atoms with E-state index in [1.165, 1.54) is 12.8 Å². The molecule has 0 radical (unpaired) electrons. The first kappa shape index (κ1) is 14.2. The number of fused-ring (bicyclic) bond motifs is 1. The summed E-state index contributed by atoms with van der Waals surface area (Å²) in [5.74, 6) is 2.45. The minimum atomic E-state index is 0.440. The molecule has 0 amide bonds. The smallest absolute Gasteiger partial charge is 0.203 e. The fraction of sp³-hybridized carbons (Fsp3) is 0.600. The zero-order chi connectivity index (χ0) is 15.6. The quantitative estimate of drug-likeness (QED) is 0.847. The Labute approximate surface area is 135 Å². The third-order valence-electron chi connectivity index (χ3n) is 4.48. The maximum Gasteiger partial charge on any atom is 0.203 e. The van der Waals surface area contributed by atoms with E-state index in [0.717, 1.165) is 43.6 Å². The summed E-state index contributed by atoms with van der Waals surface area (Å²) in [6.07, 6.45) is 7.80. The van der Waals surface area contributed by atoms with Gasteiger partial charge in [-0.2, -0.15) is 0 Å². The molecule has 2 atom stereocenters. The molecule has 0 bridgehead atoms. The molecule has 8 heteroatoms. The predicted octanol–water partition coefficient (Wildman–Crippen LogP) is 0.278. The number of nitrogens with one attached hydrogen (secondary N) is 2. The summed E-state index contributed by atoms with van der Waals surface area (Å²) in [5, 5.41) is 15.0. The number of hydrogen-bond acceptors (Lipinski definition) is 7. The van der Waals surface area contributed by atoms with Crippen LogP contribution >= 0.6 is 0 Å². The van der Waals surface area contributed by atoms with Crippen LogP contribution in [0.5, 0.6) is 0 Å². The molecule has 0 saturated carbocycles. The van der Waals surface area contributed by atoms with Gasteiger partial charge in [-0.05, 0) is 25.7 Å². The van der Waals surface area contributed by atoms with Crippen LogP contribution in [0.15, 0.2) is 23.7 Å². The van der Waals surface area contributed by atoms with Crippen LogP contribution in [0, 0.1) is 5.92 Å². The highest BCUT2D eigenvalue weighted by molar-refractivity contribution is 5.81. The lowest BCUT2D eigenvalue weighted by molar-refractivity contribution is 0.409. The van der Waals surface area contributed by atoms with Gasteiger partial charge >= 0.3 is 0 Å². The minimum absolute atomic E-state index is 0.440. The lowest BCUT2D eigenvalue weighted by atomic mass is 9.98. The summed E-state index contributed by atoms with van der Waals surface area (Å²) in [7, 11) is 0. The van der Waals surface area contributed by atoms with Gasteiger partial charge in [0.25, 0.3) is 0 Å². The van der Waals surface area contributed by atoms with E-state index in [1.807, 2.05) is 16.8 Å². The van der Waals surface area contributed by atoms with Gasteiger partial charge < -0.3 is 15.5 Å². The summed E-state index contributed by atoms with van der Waals surface area (Å²) < 4.78 is 1.92. The van der Waals surface area contributed by atoms with E-state index in [2.05, 4.69) is 42.6 Å². The number of anilines is 1. The number of guanidine groups is 1. The van der Waals surface area contributed by atoms with Crippen LogP contribution in [0.4, 0.5) is 5.82 Å². The van der Waals surface area contributed by atoms with Gasteiger partial charge in [-0.15, -0.1) is 10.2 Å². The minimum Gasteiger partial charge on any atom is -0.356 e. The fourth-order valence-corrected chi connectivity index (χ4v) is 3.29. The van der Waals surface area contributed by atoms with Crippen LogP contribution in [0.3, 0.4) is 0 Å². The molecule has 122 valence electrons. The molecule has 0 aliphatic carbocycles. The number of rotatable bonds is 3. The van der Waals surface area contributed by atoms with Crippen LogP contribution in [-0.4, -0.2) is 57.8 Å². The average molecular weight is 314 g/mol. The van der Waals surface area contributed by atoms with Gasteiger partial charge in [-0.1, -0.05) is 0 Å². The van der Waals surface area contributed by atoms with Gasteiger partial charge in [0.05, 0.1) is 6.54 Å². The molecule has 1 fully saturated rings. The van der Waals surface area contributed by atoms with Crippen LogP contribution in [0.25, 0.3) is 5.65 Å². The molecule has 4 rings (SSSR count). The van der Waals surface area contributed by atoms with Crippen molar-refractivity contribution in [2.24, 2.45) is 10.9 Å². The van der Waals surface area contributed by atoms with Crippen LogP contribution in [0.2, 0.25) is 0 Å². The number of nitrogens with zero attached hydrogens (tertiary/aromatic N) is 6. The Morgan fingerprint density at radius 3 is 3.26 bits per heavy atom. The molecule has 2 aliphatic heterocycles. The Bertz CT molecular complexity index is 708. The second kappa shape index (κ2) is 6.02. The predicted molar refractivity (Wildman–Crippen MR) is 88.6 cm³/mol. The fourth-order valence-electron chi connectivity index (χ4n) is 3.29. The molecular formula is C15H22N8. The second-order valence-electron chi connectivity index (χ2n) is 6.38. The van der Waals surface area contributed by atoms with Crippen molar-refractivity contribution >= 4 is 17.4 Å². The van der Waals surface area contributed by atoms with Crippen molar-refractivity contribution < 1.29 is 0 Å². The first-order valence-electron chi connectivity index (χ1n) is 8.24. The molecule has 2 aromatic rings. The summed E-state index contributed by atoms with van der Waals surface area (Å²) >= 11 is 0. The van der Waals surface area contributed by atoms with Crippen molar-refractivity contribution in [1.29, 1.82) is 0 Å². The lowest BCUT2D eigenvalue weighted by Gasteiger charge is -2.33. The van der Waals surface area contributed by atoms with E-state index in [1.54, 1.807) is 6.33 Å². The van der Waals surface area contributed by atoms with E-state index in [4.69, 9.17) is 0 Å². The Balaban J connectivity index is 1.42. The third-order valence-corrected chi connectivity index (χ3v) is 4.48. The summed E-state index contributed by atoms with van der Waals surface area (Å²) in [6.45, 7) is 5.94. The Kier molecular flexibility index (Phi) is 3.72. The molecule has 23 heavy (non-hydrogen) atoms. The van der Waals surface area contributed by atoms with Crippen molar-refractivity contribution in [3.8, 4) is 0 Å². The summed E-state index contributed by atoms with van der Waals surface area (Å²) in [6, 6.07) is 0.440. The van der Waals surface area contributed by atoms with Crippen molar-refractivity contribution in [1.82, 2.24) is 30.2 Å². The van der Waals surface area contributed by atoms with Gasteiger partial charge in [0.15, 0.2) is 11.8 Å². The van der Waals surface area contributed by atoms with E-state index in [9.17, 15) is 0 Å². The Morgan fingerprint density at radius 2 is 2.39 bits per heavy atom. The number of aromatic nitrogens is 4. The molecule has 4 heterocycles. The molecule has 2 aromatic heterocycles. The Morgan fingerprint density at radius 1 is 1.43 bits per heavy atom. The monoisotopic (exact) mass is 314 g/mol. The van der Waals surface area contributed by atoms with Gasteiger partial charge in [0.2, 0.25) is 5.65 Å². The van der Waals surface area contributed by atoms with Crippen molar-refractivity contribution in [3.63, 3.8) is 0 Å². The first-order chi connectivity index (χ1) is 11.3. The largest absolute Gasteiger partial charge is 0.356 e. The highest BCUT2D eigenvalue weighted by Gasteiger charge is 2.24. The molecular weight excluding hydrogens is 292 g/mol. The summed E-state index contributed by atoms with van der Waals surface area (Å²) in [4.78, 5) is 11.3. The maximum absolute atomic E-state index is 4.53. The van der Waals surface area contributed by atoms with Crippen LogP contribution in [-0.2, 0) is 0 Å². The van der Waals surface area contributed by atoms with Crippen LogP contribution in [0.1, 0.15) is 19.8 Å². The van der Waals surface area contributed by atoms with E-state index >= 15 is 0 Å². The molecule has 0 aromatic carbocycles. The average Bonchev–Trinajstić information content (AvgIpc) is 3.21. The van der Waals surface area contributed by atoms with Gasteiger partial charge in [-0.3, -0.25) is 9.39 Å². The molecule has 1 saturated heterocycles. The van der Waals surface area contributed by atoms with E-state index in [0.29, 0.717) is 12.0 Å². The zero-order valence-corrected chi connectivity index (χ0v) is 13.3. The number of piperidine rings is 1. The molecule has 0 spiro atoms. The van der Waals surface area contributed by atoms with Crippen molar-refractivity contribution in [3.05, 3.63) is 18.7 Å². The highest BCUT2D eigenvalue weighted by atomic mass is 15.3.